The van der Waals surface area contributed by atoms with Crippen molar-refractivity contribution in [2.45, 2.75) is 51.1 Å². The quantitative estimate of drug-likeness (QED) is 0.834. The van der Waals surface area contributed by atoms with Crippen molar-refractivity contribution in [3.63, 3.8) is 0 Å². The summed E-state index contributed by atoms with van der Waals surface area (Å²) in [6.45, 7) is 4.57. The predicted molar refractivity (Wildman–Crippen MR) is 77.5 cm³/mol. The molecule has 2 rings (SSSR count). The highest BCUT2D eigenvalue weighted by Crippen LogP contribution is 2.24. The summed E-state index contributed by atoms with van der Waals surface area (Å²) in [4.78, 5) is 2.62. The van der Waals surface area contributed by atoms with Crippen LogP contribution in [0.25, 0.3) is 0 Å². The van der Waals surface area contributed by atoms with Crippen LogP contribution in [0.1, 0.15) is 50.6 Å². The highest BCUT2D eigenvalue weighted by molar-refractivity contribution is 5.18. The Balaban J connectivity index is 1.82. The summed E-state index contributed by atoms with van der Waals surface area (Å²) in [6.07, 6.45) is 6.65. The van der Waals surface area contributed by atoms with Gasteiger partial charge in [0.1, 0.15) is 0 Å². The zero-order chi connectivity index (χ0) is 12.8. The van der Waals surface area contributed by atoms with Crippen LogP contribution in [0.5, 0.6) is 0 Å². The van der Waals surface area contributed by atoms with Crippen LogP contribution in [0.4, 0.5) is 0 Å². The first-order valence-corrected chi connectivity index (χ1v) is 7.36. The molecule has 0 radical (unpaired) electrons. The lowest BCUT2D eigenvalue weighted by atomic mass is 10.0. The lowest BCUT2D eigenvalue weighted by Gasteiger charge is -2.28. The second-order valence-electron chi connectivity index (χ2n) is 5.37. The molecule has 0 saturated heterocycles. The average Bonchev–Trinajstić information content (AvgIpc) is 2.94. The predicted octanol–water partition coefficient (Wildman–Crippen LogP) is 3.34. The van der Waals surface area contributed by atoms with Crippen LogP contribution in [0.2, 0.25) is 0 Å². The van der Waals surface area contributed by atoms with Crippen LogP contribution >= 0.6 is 0 Å². The zero-order valence-corrected chi connectivity index (χ0v) is 11.5. The molecule has 1 aliphatic carbocycles. The third-order valence-electron chi connectivity index (χ3n) is 4.20. The minimum absolute atomic E-state index is 0.182. The fraction of sp³-hybridized carbons (Fsp3) is 0.625. The van der Waals surface area contributed by atoms with Crippen molar-refractivity contribution in [2.24, 2.45) is 5.73 Å². The molecule has 2 nitrogen and oxygen atoms in total. The Hall–Kier alpha value is -0.860. The minimum Gasteiger partial charge on any atom is -0.324 e. The monoisotopic (exact) mass is 246 g/mol. The van der Waals surface area contributed by atoms with Crippen molar-refractivity contribution < 1.29 is 0 Å². The van der Waals surface area contributed by atoms with Crippen LogP contribution in [0, 0.1) is 0 Å². The fourth-order valence-corrected chi connectivity index (χ4v) is 3.04. The van der Waals surface area contributed by atoms with E-state index in [-0.39, 0.29) is 6.04 Å². The van der Waals surface area contributed by atoms with Crippen LogP contribution < -0.4 is 5.73 Å². The molecule has 1 aromatic carbocycles. The van der Waals surface area contributed by atoms with Gasteiger partial charge in [-0.1, -0.05) is 50.1 Å². The van der Waals surface area contributed by atoms with Crippen LogP contribution in [-0.2, 0) is 0 Å². The Labute approximate surface area is 111 Å². The van der Waals surface area contributed by atoms with Crippen molar-refractivity contribution in [3.8, 4) is 0 Å². The molecule has 2 N–H and O–H groups in total. The number of hydrogen-bond acceptors (Lipinski definition) is 2. The van der Waals surface area contributed by atoms with Crippen LogP contribution in [0.3, 0.4) is 0 Å². The van der Waals surface area contributed by atoms with Gasteiger partial charge in [0.15, 0.2) is 0 Å². The number of rotatable bonds is 6. The lowest BCUT2D eigenvalue weighted by molar-refractivity contribution is 0.202. The highest BCUT2D eigenvalue weighted by Gasteiger charge is 2.21. The maximum atomic E-state index is 6.27. The molecule has 100 valence electrons. The Morgan fingerprint density at radius 2 is 1.89 bits per heavy atom. The van der Waals surface area contributed by atoms with E-state index < -0.39 is 0 Å². The van der Waals surface area contributed by atoms with E-state index >= 15 is 0 Å². The molecule has 1 aromatic rings. The van der Waals surface area contributed by atoms with E-state index in [0.717, 1.165) is 25.6 Å². The first-order chi connectivity index (χ1) is 8.81. The molecular weight excluding hydrogens is 220 g/mol. The summed E-state index contributed by atoms with van der Waals surface area (Å²) in [7, 11) is 0. The smallest absolute Gasteiger partial charge is 0.0307 e. The van der Waals surface area contributed by atoms with Gasteiger partial charge in [0.05, 0.1) is 0 Å². The molecule has 1 unspecified atom stereocenters. The maximum absolute atomic E-state index is 6.27. The van der Waals surface area contributed by atoms with Gasteiger partial charge in [0, 0.05) is 18.6 Å². The minimum atomic E-state index is 0.182. The first-order valence-electron chi connectivity index (χ1n) is 7.36. The Morgan fingerprint density at radius 3 is 2.50 bits per heavy atom. The molecule has 0 heterocycles. The molecular formula is C16H26N2. The van der Waals surface area contributed by atoms with Gasteiger partial charge in [0.25, 0.3) is 0 Å². The van der Waals surface area contributed by atoms with Crippen LogP contribution in [0.15, 0.2) is 30.3 Å². The van der Waals surface area contributed by atoms with Crippen molar-refractivity contribution in [2.75, 3.05) is 13.1 Å². The second kappa shape index (κ2) is 6.91. The summed E-state index contributed by atoms with van der Waals surface area (Å²) < 4.78 is 0. The van der Waals surface area contributed by atoms with Gasteiger partial charge >= 0.3 is 0 Å². The zero-order valence-electron chi connectivity index (χ0n) is 11.5. The summed E-state index contributed by atoms with van der Waals surface area (Å²) in [5.74, 6) is 0. The summed E-state index contributed by atoms with van der Waals surface area (Å²) >= 11 is 0. The van der Waals surface area contributed by atoms with Gasteiger partial charge in [-0.3, -0.25) is 0 Å². The molecule has 18 heavy (non-hydrogen) atoms. The number of nitrogens with two attached hydrogens (primary N) is 1. The third kappa shape index (κ3) is 3.56. The standard InChI is InChI=1S/C16H26N2/c1-2-18(15-10-6-7-11-15)13-12-16(17)14-8-4-3-5-9-14/h3-5,8-9,15-16H,2,6-7,10-13,17H2,1H3. The topological polar surface area (TPSA) is 29.3 Å². The van der Waals surface area contributed by atoms with Crippen molar-refractivity contribution in [1.82, 2.24) is 4.90 Å². The van der Waals surface area contributed by atoms with E-state index in [0.29, 0.717) is 0 Å². The number of hydrogen-bond donors (Lipinski definition) is 1. The Kier molecular flexibility index (Phi) is 5.21. The molecule has 0 bridgehead atoms. The molecule has 1 fully saturated rings. The second-order valence-corrected chi connectivity index (χ2v) is 5.37. The summed E-state index contributed by atoms with van der Waals surface area (Å²) in [5.41, 5.74) is 7.53. The Morgan fingerprint density at radius 1 is 1.22 bits per heavy atom. The number of nitrogens with zero attached hydrogens (tertiary/aromatic N) is 1. The van der Waals surface area contributed by atoms with Gasteiger partial charge in [-0.25, -0.2) is 0 Å². The molecule has 0 spiro atoms. The van der Waals surface area contributed by atoms with Crippen molar-refractivity contribution >= 4 is 0 Å². The summed E-state index contributed by atoms with van der Waals surface area (Å²) in [6, 6.07) is 11.5. The normalized spacial score (nSPS) is 18.4. The molecule has 1 aliphatic rings. The molecule has 2 heteroatoms. The SMILES string of the molecule is CCN(CCC(N)c1ccccc1)C1CCCC1. The molecule has 0 aromatic heterocycles. The molecule has 1 atom stereocenters. The van der Waals surface area contributed by atoms with Crippen molar-refractivity contribution in [3.05, 3.63) is 35.9 Å². The van der Waals surface area contributed by atoms with E-state index in [4.69, 9.17) is 5.73 Å². The number of benzene rings is 1. The van der Waals surface area contributed by atoms with Crippen molar-refractivity contribution in [1.29, 1.82) is 0 Å². The van der Waals surface area contributed by atoms with Gasteiger partial charge < -0.3 is 10.6 Å². The van der Waals surface area contributed by atoms with Crippen LogP contribution in [-0.4, -0.2) is 24.0 Å². The summed E-state index contributed by atoms with van der Waals surface area (Å²) in [5, 5.41) is 0. The highest BCUT2D eigenvalue weighted by atomic mass is 15.1. The first kappa shape index (κ1) is 13.6. The van der Waals surface area contributed by atoms with E-state index in [1.165, 1.54) is 31.2 Å². The average molecular weight is 246 g/mol. The van der Waals surface area contributed by atoms with Gasteiger partial charge in [-0.2, -0.15) is 0 Å². The van der Waals surface area contributed by atoms with E-state index in [9.17, 15) is 0 Å². The van der Waals surface area contributed by atoms with E-state index in [2.05, 4.69) is 36.1 Å². The molecule has 0 amide bonds. The largest absolute Gasteiger partial charge is 0.324 e. The van der Waals surface area contributed by atoms with Gasteiger partial charge in [0.2, 0.25) is 0 Å². The lowest BCUT2D eigenvalue weighted by Crippen LogP contribution is -2.35. The van der Waals surface area contributed by atoms with E-state index in [1.54, 1.807) is 0 Å². The molecule has 0 aliphatic heterocycles. The third-order valence-corrected chi connectivity index (χ3v) is 4.20. The maximum Gasteiger partial charge on any atom is 0.0307 e. The fourth-order valence-electron chi connectivity index (χ4n) is 3.04. The molecule has 1 saturated carbocycles. The Bertz CT molecular complexity index is 330. The van der Waals surface area contributed by atoms with Gasteiger partial charge in [-0.05, 0) is 31.4 Å². The van der Waals surface area contributed by atoms with E-state index in [1.807, 2.05) is 6.07 Å². The van der Waals surface area contributed by atoms with Gasteiger partial charge in [-0.15, -0.1) is 0 Å².